The molecular formula is C17H35NO. The van der Waals surface area contributed by atoms with Crippen LogP contribution in [0.25, 0.3) is 0 Å². The van der Waals surface area contributed by atoms with E-state index in [0.29, 0.717) is 24.4 Å². The zero-order chi connectivity index (χ0) is 15.1. The highest BCUT2D eigenvalue weighted by Crippen LogP contribution is 2.25. The van der Waals surface area contributed by atoms with Gasteiger partial charge in [0.25, 0.3) is 0 Å². The summed E-state index contributed by atoms with van der Waals surface area (Å²) in [7, 11) is 0. The number of carbonyl (C=O) groups is 1. The van der Waals surface area contributed by atoms with E-state index in [-0.39, 0.29) is 5.41 Å². The maximum absolute atomic E-state index is 12.7. The normalized spacial score (nSPS) is 15.1. The standard InChI is InChI=1S/C17H35NO/c1-8-11-14(4)18(15(10-3)12-9-2)16(19)13-17(5,6)7/h14-15H,8-13H2,1-7H3. The van der Waals surface area contributed by atoms with Crippen molar-refractivity contribution in [3.8, 4) is 0 Å². The van der Waals surface area contributed by atoms with Crippen LogP contribution in [0, 0.1) is 5.41 Å². The van der Waals surface area contributed by atoms with Crippen molar-refractivity contribution in [2.24, 2.45) is 5.41 Å². The van der Waals surface area contributed by atoms with Gasteiger partial charge in [0.1, 0.15) is 0 Å². The molecule has 0 radical (unpaired) electrons. The van der Waals surface area contributed by atoms with Gasteiger partial charge in [0, 0.05) is 18.5 Å². The Morgan fingerprint density at radius 3 is 1.95 bits per heavy atom. The van der Waals surface area contributed by atoms with E-state index in [1.54, 1.807) is 0 Å². The first kappa shape index (κ1) is 18.5. The lowest BCUT2D eigenvalue weighted by atomic mass is 9.90. The molecule has 0 fully saturated rings. The predicted octanol–water partition coefficient (Wildman–Crippen LogP) is 5.02. The van der Waals surface area contributed by atoms with Crippen LogP contribution in [0.2, 0.25) is 0 Å². The number of nitrogens with zero attached hydrogens (tertiary/aromatic N) is 1. The second-order valence-electron chi connectivity index (χ2n) is 7.03. The highest BCUT2D eigenvalue weighted by molar-refractivity contribution is 5.77. The van der Waals surface area contributed by atoms with Crippen LogP contribution in [0.3, 0.4) is 0 Å². The lowest BCUT2D eigenvalue weighted by molar-refractivity contribution is -0.138. The van der Waals surface area contributed by atoms with E-state index in [1.165, 1.54) is 0 Å². The second-order valence-corrected chi connectivity index (χ2v) is 7.03. The topological polar surface area (TPSA) is 20.3 Å². The summed E-state index contributed by atoms with van der Waals surface area (Å²) in [5.74, 6) is 0.341. The largest absolute Gasteiger partial charge is 0.337 e. The van der Waals surface area contributed by atoms with Crippen LogP contribution in [0.15, 0.2) is 0 Å². The first-order chi connectivity index (χ1) is 8.76. The first-order valence-electron chi connectivity index (χ1n) is 8.07. The van der Waals surface area contributed by atoms with Crippen molar-refractivity contribution < 1.29 is 4.79 Å². The van der Waals surface area contributed by atoms with E-state index in [1.807, 2.05) is 0 Å². The molecule has 1 amide bonds. The van der Waals surface area contributed by atoms with Crippen molar-refractivity contribution in [3.05, 3.63) is 0 Å². The molecule has 0 aliphatic rings. The lowest BCUT2D eigenvalue weighted by Gasteiger charge is -2.38. The van der Waals surface area contributed by atoms with Crippen molar-refractivity contribution in [1.29, 1.82) is 0 Å². The maximum Gasteiger partial charge on any atom is 0.223 e. The van der Waals surface area contributed by atoms with Crippen LogP contribution in [-0.2, 0) is 4.79 Å². The Bertz CT molecular complexity index is 254. The molecule has 0 saturated carbocycles. The van der Waals surface area contributed by atoms with Crippen molar-refractivity contribution in [3.63, 3.8) is 0 Å². The van der Waals surface area contributed by atoms with Crippen molar-refractivity contribution in [2.75, 3.05) is 0 Å². The minimum atomic E-state index is 0.0752. The van der Waals surface area contributed by atoms with Gasteiger partial charge in [-0.05, 0) is 31.6 Å². The first-order valence-corrected chi connectivity index (χ1v) is 8.07. The summed E-state index contributed by atoms with van der Waals surface area (Å²) in [6.45, 7) is 15.3. The van der Waals surface area contributed by atoms with Gasteiger partial charge in [0.05, 0.1) is 0 Å². The van der Waals surface area contributed by atoms with Gasteiger partial charge in [0.15, 0.2) is 0 Å². The molecule has 2 nitrogen and oxygen atoms in total. The lowest BCUT2D eigenvalue weighted by Crippen LogP contribution is -2.46. The van der Waals surface area contributed by atoms with Gasteiger partial charge in [-0.1, -0.05) is 54.4 Å². The van der Waals surface area contributed by atoms with Crippen molar-refractivity contribution in [2.45, 2.75) is 99.1 Å². The summed E-state index contributed by atoms with van der Waals surface area (Å²) < 4.78 is 0. The van der Waals surface area contributed by atoms with Gasteiger partial charge in [-0.3, -0.25) is 4.79 Å². The SMILES string of the molecule is CCCC(C)N(C(=O)CC(C)(C)C)C(CC)CCC. The molecule has 0 aromatic carbocycles. The van der Waals surface area contributed by atoms with Crippen LogP contribution in [0.1, 0.15) is 87.0 Å². The van der Waals surface area contributed by atoms with Crippen LogP contribution >= 0.6 is 0 Å². The minimum Gasteiger partial charge on any atom is -0.337 e. The van der Waals surface area contributed by atoms with Crippen LogP contribution in [0.5, 0.6) is 0 Å². The van der Waals surface area contributed by atoms with Crippen molar-refractivity contribution in [1.82, 2.24) is 4.90 Å². The smallest absolute Gasteiger partial charge is 0.223 e. The average molecular weight is 269 g/mol. The highest BCUT2D eigenvalue weighted by atomic mass is 16.2. The molecule has 0 rings (SSSR count). The predicted molar refractivity (Wildman–Crippen MR) is 84.3 cm³/mol. The monoisotopic (exact) mass is 269 g/mol. The Kier molecular flexibility index (Phi) is 8.36. The molecular weight excluding hydrogens is 234 g/mol. The minimum absolute atomic E-state index is 0.0752. The van der Waals surface area contributed by atoms with Crippen LogP contribution < -0.4 is 0 Å². The summed E-state index contributed by atoms with van der Waals surface area (Å²) in [5, 5.41) is 0. The third-order valence-corrected chi connectivity index (χ3v) is 3.64. The van der Waals surface area contributed by atoms with Gasteiger partial charge < -0.3 is 4.90 Å². The molecule has 0 aliphatic carbocycles. The number of rotatable bonds is 8. The Hall–Kier alpha value is -0.530. The number of hydrogen-bond acceptors (Lipinski definition) is 1. The molecule has 19 heavy (non-hydrogen) atoms. The highest BCUT2D eigenvalue weighted by Gasteiger charge is 2.28. The van der Waals surface area contributed by atoms with Crippen LogP contribution in [0.4, 0.5) is 0 Å². The molecule has 2 heteroatoms. The van der Waals surface area contributed by atoms with Gasteiger partial charge >= 0.3 is 0 Å². The van der Waals surface area contributed by atoms with Gasteiger partial charge in [-0.2, -0.15) is 0 Å². The second kappa shape index (κ2) is 8.60. The molecule has 0 aromatic heterocycles. The molecule has 0 aliphatic heterocycles. The van der Waals surface area contributed by atoms with Gasteiger partial charge in [-0.25, -0.2) is 0 Å². The molecule has 2 unspecified atom stereocenters. The third kappa shape index (κ3) is 6.98. The Balaban J connectivity index is 4.97. The van der Waals surface area contributed by atoms with E-state index in [0.717, 1.165) is 32.1 Å². The number of amides is 1. The third-order valence-electron chi connectivity index (χ3n) is 3.64. The number of hydrogen-bond donors (Lipinski definition) is 0. The molecule has 2 atom stereocenters. The summed E-state index contributed by atoms with van der Waals surface area (Å²) >= 11 is 0. The van der Waals surface area contributed by atoms with Gasteiger partial charge in [-0.15, -0.1) is 0 Å². The van der Waals surface area contributed by atoms with Gasteiger partial charge in [0.2, 0.25) is 5.91 Å². The van der Waals surface area contributed by atoms with E-state index in [2.05, 4.69) is 53.4 Å². The summed E-state index contributed by atoms with van der Waals surface area (Å²) in [6, 6.07) is 0.790. The molecule has 114 valence electrons. The molecule has 0 spiro atoms. The molecule has 0 aromatic rings. The summed E-state index contributed by atoms with van der Waals surface area (Å²) in [4.78, 5) is 14.9. The summed E-state index contributed by atoms with van der Waals surface area (Å²) in [5.41, 5.74) is 0.0752. The van der Waals surface area contributed by atoms with E-state index in [4.69, 9.17) is 0 Å². The summed E-state index contributed by atoms with van der Waals surface area (Å²) in [6.07, 6.45) is 6.25. The molecule has 0 heterocycles. The zero-order valence-electron chi connectivity index (χ0n) is 14.3. The Labute approximate surface area is 120 Å². The molecule has 0 saturated heterocycles. The fraction of sp³-hybridized carbons (Fsp3) is 0.941. The van der Waals surface area contributed by atoms with E-state index >= 15 is 0 Å². The Morgan fingerprint density at radius 2 is 1.58 bits per heavy atom. The Morgan fingerprint density at radius 1 is 1.05 bits per heavy atom. The van der Waals surface area contributed by atoms with E-state index in [9.17, 15) is 4.79 Å². The van der Waals surface area contributed by atoms with E-state index < -0.39 is 0 Å². The van der Waals surface area contributed by atoms with Crippen molar-refractivity contribution >= 4 is 5.91 Å². The fourth-order valence-corrected chi connectivity index (χ4v) is 2.78. The maximum atomic E-state index is 12.7. The van der Waals surface area contributed by atoms with Crippen LogP contribution in [-0.4, -0.2) is 22.9 Å². The fourth-order valence-electron chi connectivity index (χ4n) is 2.78. The number of carbonyl (C=O) groups excluding carboxylic acids is 1. The zero-order valence-corrected chi connectivity index (χ0v) is 14.3. The molecule has 0 N–H and O–H groups in total. The average Bonchev–Trinajstić information content (AvgIpc) is 2.26. The molecule has 0 bridgehead atoms. The quantitative estimate of drug-likeness (QED) is 0.606.